The highest BCUT2D eigenvalue weighted by atomic mass is 16.3. The van der Waals surface area contributed by atoms with Crippen molar-refractivity contribution < 1.29 is 5.11 Å². The topological polar surface area (TPSA) is 61.3 Å². The molecule has 0 saturated carbocycles. The second-order valence-electron chi connectivity index (χ2n) is 6.06. The number of hydrogen-bond acceptors (Lipinski definition) is 5. The third-order valence-corrected chi connectivity index (χ3v) is 4.23. The molecule has 0 saturated heterocycles. The first kappa shape index (κ1) is 15.7. The fourth-order valence-electron chi connectivity index (χ4n) is 3.01. The second-order valence-corrected chi connectivity index (χ2v) is 6.06. The van der Waals surface area contributed by atoms with Crippen LogP contribution in [0.5, 0.6) is 0 Å². The number of nitrogens with one attached hydrogen (secondary N) is 1. The maximum Gasteiger partial charge on any atom is 0.134 e. The first-order valence-electron chi connectivity index (χ1n) is 8.21. The average Bonchev–Trinajstić information content (AvgIpc) is 2.53. The molecule has 0 unspecified atom stereocenters. The molecule has 1 aliphatic heterocycles. The molecule has 0 aliphatic carbocycles. The summed E-state index contributed by atoms with van der Waals surface area (Å²) in [5.41, 5.74) is 3.63. The fourth-order valence-corrected chi connectivity index (χ4v) is 3.01. The van der Waals surface area contributed by atoms with Crippen LogP contribution >= 0.6 is 0 Å². The van der Waals surface area contributed by atoms with Crippen molar-refractivity contribution in [1.29, 1.82) is 0 Å². The number of nitrogens with zero attached hydrogens (tertiary/aromatic N) is 3. The van der Waals surface area contributed by atoms with E-state index in [4.69, 9.17) is 0 Å². The molecule has 1 aliphatic rings. The zero-order valence-electron chi connectivity index (χ0n) is 14.0. The van der Waals surface area contributed by atoms with E-state index in [9.17, 15) is 5.11 Å². The van der Waals surface area contributed by atoms with E-state index in [1.165, 1.54) is 11.1 Å². The predicted octanol–water partition coefficient (Wildman–Crippen LogP) is 2.83. The molecule has 1 atom stereocenters. The molecule has 2 N–H and O–H groups in total. The van der Waals surface area contributed by atoms with Crippen molar-refractivity contribution >= 4 is 11.6 Å². The Balaban J connectivity index is 1.84. The van der Waals surface area contributed by atoms with Crippen molar-refractivity contribution in [1.82, 2.24) is 9.97 Å². The van der Waals surface area contributed by atoms with E-state index in [1.54, 1.807) is 0 Å². The smallest absolute Gasteiger partial charge is 0.134 e. The van der Waals surface area contributed by atoms with Gasteiger partial charge < -0.3 is 15.3 Å². The van der Waals surface area contributed by atoms with Gasteiger partial charge in [-0.2, -0.15) is 0 Å². The van der Waals surface area contributed by atoms with Crippen LogP contribution in [-0.2, 0) is 13.0 Å². The van der Waals surface area contributed by atoms with Gasteiger partial charge in [0.15, 0.2) is 0 Å². The standard InChI is InChI=1S/C18H24N4O/c1-4-19-17-10-18(21-13(3)20-17)22-8-7-15-9-14(12(2)23)5-6-16(15)11-22/h5-6,9-10,12,23H,4,7-8,11H2,1-3H3,(H,19,20,21)/t12-/m1/s1. The molecular weight excluding hydrogens is 288 g/mol. The number of aliphatic hydroxyl groups is 1. The lowest BCUT2D eigenvalue weighted by atomic mass is 9.96. The van der Waals surface area contributed by atoms with Gasteiger partial charge in [0.05, 0.1) is 6.10 Å². The normalized spacial score (nSPS) is 15.2. The minimum Gasteiger partial charge on any atom is -0.389 e. The van der Waals surface area contributed by atoms with E-state index in [-0.39, 0.29) is 0 Å². The highest BCUT2D eigenvalue weighted by Crippen LogP contribution is 2.26. The molecule has 0 radical (unpaired) electrons. The van der Waals surface area contributed by atoms with Crippen LogP contribution in [0.15, 0.2) is 24.3 Å². The zero-order chi connectivity index (χ0) is 16.4. The van der Waals surface area contributed by atoms with Gasteiger partial charge in [-0.15, -0.1) is 0 Å². The molecule has 122 valence electrons. The summed E-state index contributed by atoms with van der Waals surface area (Å²) in [7, 11) is 0. The number of aliphatic hydroxyl groups excluding tert-OH is 1. The first-order valence-corrected chi connectivity index (χ1v) is 8.21. The van der Waals surface area contributed by atoms with Crippen LogP contribution < -0.4 is 10.2 Å². The van der Waals surface area contributed by atoms with Gasteiger partial charge in [-0.05, 0) is 43.9 Å². The molecule has 2 aromatic rings. The van der Waals surface area contributed by atoms with Gasteiger partial charge in [0.1, 0.15) is 17.5 Å². The van der Waals surface area contributed by atoms with Crippen molar-refractivity contribution in [2.45, 2.75) is 39.8 Å². The van der Waals surface area contributed by atoms with Crippen LogP contribution in [0.2, 0.25) is 0 Å². The van der Waals surface area contributed by atoms with E-state index in [1.807, 2.05) is 26.0 Å². The molecule has 0 fully saturated rings. The lowest BCUT2D eigenvalue weighted by molar-refractivity contribution is 0.199. The Morgan fingerprint density at radius 3 is 2.83 bits per heavy atom. The molecule has 0 bridgehead atoms. The maximum absolute atomic E-state index is 9.73. The summed E-state index contributed by atoms with van der Waals surface area (Å²) in [6, 6.07) is 8.30. The Morgan fingerprint density at radius 2 is 2.09 bits per heavy atom. The van der Waals surface area contributed by atoms with Gasteiger partial charge in [-0.25, -0.2) is 9.97 Å². The van der Waals surface area contributed by atoms with E-state index in [0.717, 1.165) is 49.1 Å². The Labute approximate surface area is 137 Å². The van der Waals surface area contributed by atoms with E-state index >= 15 is 0 Å². The molecule has 23 heavy (non-hydrogen) atoms. The average molecular weight is 312 g/mol. The third-order valence-electron chi connectivity index (χ3n) is 4.23. The van der Waals surface area contributed by atoms with Crippen LogP contribution in [0.3, 0.4) is 0 Å². The van der Waals surface area contributed by atoms with Crippen LogP contribution in [0.1, 0.15) is 42.5 Å². The Morgan fingerprint density at radius 1 is 1.26 bits per heavy atom. The molecule has 1 aromatic carbocycles. The first-order chi connectivity index (χ1) is 11.1. The highest BCUT2D eigenvalue weighted by molar-refractivity contribution is 5.51. The van der Waals surface area contributed by atoms with Gasteiger partial charge in [0.25, 0.3) is 0 Å². The van der Waals surface area contributed by atoms with E-state index in [2.05, 4.69) is 39.2 Å². The van der Waals surface area contributed by atoms with Crippen LogP contribution in [0.25, 0.3) is 0 Å². The van der Waals surface area contributed by atoms with Gasteiger partial charge >= 0.3 is 0 Å². The Bertz CT molecular complexity index is 699. The van der Waals surface area contributed by atoms with Crippen molar-refractivity contribution in [3.8, 4) is 0 Å². The SMILES string of the molecule is CCNc1cc(N2CCc3cc([C@@H](C)O)ccc3C2)nc(C)n1. The summed E-state index contributed by atoms with van der Waals surface area (Å²) < 4.78 is 0. The van der Waals surface area contributed by atoms with Gasteiger partial charge in [-0.1, -0.05) is 18.2 Å². The Kier molecular flexibility index (Phi) is 4.48. The molecule has 5 heteroatoms. The number of anilines is 2. The molecule has 5 nitrogen and oxygen atoms in total. The quantitative estimate of drug-likeness (QED) is 0.909. The lowest BCUT2D eigenvalue weighted by Crippen LogP contribution is -2.31. The number of benzene rings is 1. The summed E-state index contributed by atoms with van der Waals surface area (Å²) in [6.07, 6.45) is 0.556. The number of fused-ring (bicyclic) bond motifs is 1. The van der Waals surface area contributed by atoms with Gasteiger partial charge in [0.2, 0.25) is 0 Å². The lowest BCUT2D eigenvalue weighted by Gasteiger charge is -2.30. The molecule has 1 aromatic heterocycles. The summed E-state index contributed by atoms with van der Waals surface area (Å²) >= 11 is 0. The third kappa shape index (κ3) is 3.45. The fraction of sp³-hybridized carbons (Fsp3) is 0.444. The van der Waals surface area contributed by atoms with Crippen molar-refractivity contribution in [2.24, 2.45) is 0 Å². The summed E-state index contributed by atoms with van der Waals surface area (Å²) in [5, 5.41) is 13.0. The van der Waals surface area contributed by atoms with Gasteiger partial charge in [0, 0.05) is 25.7 Å². The van der Waals surface area contributed by atoms with Crippen molar-refractivity contribution in [2.75, 3.05) is 23.3 Å². The summed E-state index contributed by atoms with van der Waals surface area (Å²) in [6.45, 7) is 8.42. The van der Waals surface area contributed by atoms with E-state index in [0.29, 0.717) is 0 Å². The van der Waals surface area contributed by atoms with Gasteiger partial charge in [-0.3, -0.25) is 0 Å². The summed E-state index contributed by atoms with van der Waals surface area (Å²) in [5.74, 6) is 2.64. The van der Waals surface area contributed by atoms with E-state index < -0.39 is 6.10 Å². The minimum absolute atomic E-state index is 0.412. The van der Waals surface area contributed by atoms with Crippen LogP contribution in [0, 0.1) is 6.92 Å². The predicted molar refractivity (Wildman–Crippen MR) is 92.8 cm³/mol. The highest BCUT2D eigenvalue weighted by Gasteiger charge is 2.19. The van der Waals surface area contributed by atoms with Crippen LogP contribution in [0.4, 0.5) is 11.6 Å². The number of rotatable bonds is 4. The minimum atomic E-state index is -0.412. The largest absolute Gasteiger partial charge is 0.389 e. The van der Waals surface area contributed by atoms with Crippen LogP contribution in [-0.4, -0.2) is 28.2 Å². The zero-order valence-corrected chi connectivity index (χ0v) is 14.0. The molecule has 0 spiro atoms. The molecular formula is C18H24N4O. The molecule has 2 heterocycles. The Hall–Kier alpha value is -2.14. The monoisotopic (exact) mass is 312 g/mol. The number of aromatic nitrogens is 2. The number of aryl methyl sites for hydroxylation is 1. The van der Waals surface area contributed by atoms with Crippen molar-refractivity contribution in [3.05, 3.63) is 46.8 Å². The maximum atomic E-state index is 9.73. The molecule has 0 amide bonds. The van der Waals surface area contributed by atoms with Crippen molar-refractivity contribution in [3.63, 3.8) is 0 Å². The second kappa shape index (κ2) is 6.54. The summed E-state index contributed by atoms with van der Waals surface area (Å²) in [4.78, 5) is 11.3. The molecule has 3 rings (SSSR count). The number of hydrogen-bond donors (Lipinski definition) is 2.